The van der Waals surface area contributed by atoms with Gasteiger partial charge in [-0.2, -0.15) is 0 Å². The molecule has 2 aromatic carbocycles. The standard InChI is InChI=1S/C24H30FN3O3S3/c1-4-27(5-2)15-16-28(24-26-23-20(32-3)8-6-9-21(23)33-24)22(29)10-7-17-34(30,31)19-13-11-18(25)12-14-19/h6,8-9,11-14H,4-5,7,10,15-17H2,1-3H3. The molecule has 0 N–H and O–H groups in total. The van der Waals surface area contributed by atoms with E-state index in [0.717, 1.165) is 40.3 Å². The number of hydrogen-bond donors (Lipinski definition) is 0. The highest BCUT2D eigenvalue weighted by Crippen LogP contribution is 2.34. The number of nitrogens with zero attached hydrogens (tertiary/aromatic N) is 3. The van der Waals surface area contributed by atoms with Gasteiger partial charge in [-0.15, -0.1) is 11.8 Å². The maximum atomic E-state index is 13.3. The number of sulfone groups is 1. The number of hydrogen-bond acceptors (Lipinski definition) is 7. The van der Waals surface area contributed by atoms with Gasteiger partial charge in [-0.25, -0.2) is 17.8 Å². The number of anilines is 1. The number of para-hydroxylation sites is 1. The topological polar surface area (TPSA) is 70.6 Å². The molecule has 0 bridgehead atoms. The quantitative estimate of drug-likeness (QED) is 0.243. The molecule has 0 fully saturated rings. The molecular weight excluding hydrogens is 493 g/mol. The van der Waals surface area contributed by atoms with E-state index in [1.165, 1.54) is 23.5 Å². The maximum Gasteiger partial charge on any atom is 0.228 e. The molecule has 0 spiro atoms. The predicted octanol–water partition coefficient (Wildman–Crippen LogP) is 5.09. The Bertz CT molecular complexity index is 1210. The molecule has 6 nitrogen and oxygen atoms in total. The number of thioether (sulfide) groups is 1. The summed E-state index contributed by atoms with van der Waals surface area (Å²) in [6.45, 7) is 7.12. The van der Waals surface area contributed by atoms with Crippen molar-refractivity contribution >= 4 is 54.2 Å². The fraction of sp³-hybridized carbons (Fsp3) is 0.417. The highest BCUT2D eigenvalue weighted by Gasteiger charge is 2.22. The van der Waals surface area contributed by atoms with Gasteiger partial charge in [0.15, 0.2) is 15.0 Å². The first-order valence-corrected chi connectivity index (χ1v) is 14.9. The molecule has 3 aromatic rings. The van der Waals surface area contributed by atoms with E-state index in [-0.39, 0.29) is 29.4 Å². The van der Waals surface area contributed by atoms with Crippen molar-refractivity contribution in [3.63, 3.8) is 0 Å². The van der Waals surface area contributed by atoms with E-state index in [1.807, 2.05) is 24.5 Å². The Labute approximate surface area is 209 Å². The Balaban J connectivity index is 1.76. The zero-order valence-corrected chi connectivity index (χ0v) is 22.1. The molecule has 3 rings (SSSR count). The van der Waals surface area contributed by atoms with E-state index in [1.54, 1.807) is 16.7 Å². The SMILES string of the molecule is CCN(CC)CCN(C(=O)CCCS(=O)(=O)c1ccc(F)cc1)c1nc2c(SC)cccc2s1. The number of likely N-dealkylation sites (N-methyl/N-ethyl adjacent to an activating group) is 1. The maximum absolute atomic E-state index is 13.3. The van der Waals surface area contributed by atoms with Gasteiger partial charge in [-0.05, 0) is 62.2 Å². The first kappa shape index (κ1) is 26.6. The summed E-state index contributed by atoms with van der Waals surface area (Å²) in [7, 11) is -3.59. The van der Waals surface area contributed by atoms with Crippen LogP contribution in [0.15, 0.2) is 52.3 Å². The summed E-state index contributed by atoms with van der Waals surface area (Å²) >= 11 is 3.09. The first-order chi connectivity index (χ1) is 16.3. The van der Waals surface area contributed by atoms with Crippen LogP contribution in [0, 0.1) is 5.82 Å². The molecule has 0 saturated carbocycles. The van der Waals surface area contributed by atoms with Crippen LogP contribution in [0.4, 0.5) is 9.52 Å². The van der Waals surface area contributed by atoms with Crippen LogP contribution in [-0.2, 0) is 14.6 Å². The molecule has 1 heterocycles. The van der Waals surface area contributed by atoms with Crippen molar-refractivity contribution in [1.29, 1.82) is 0 Å². The first-order valence-electron chi connectivity index (χ1n) is 11.2. The van der Waals surface area contributed by atoms with Crippen molar-refractivity contribution in [2.45, 2.75) is 36.5 Å². The summed E-state index contributed by atoms with van der Waals surface area (Å²) in [5, 5.41) is 0.634. The minimum Gasteiger partial charge on any atom is -0.302 e. The lowest BCUT2D eigenvalue weighted by molar-refractivity contribution is -0.118. The number of aromatic nitrogens is 1. The molecule has 1 aromatic heterocycles. The summed E-state index contributed by atoms with van der Waals surface area (Å²) in [5.41, 5.74) is 0.884. The molecule has 0 unspecified atom stereocenters. The number of benzene rings is 2. The zero-order chi connectivity index (χ0) is 24.7. The van der Waals surface area contributed by atoms with Gasteiger partial charge in [-0.1, -0.05) is 31.3 Å². The van der Waals surface area contributed by atoms with Gasteiger partial charge in [0.1, 0.15) is 5.82 Å². The highest BCUT2D eigenvalue weighted by molar-refractivity contribution is 7.98. The number of carbonyl (C=O) groups is 1. The average molecular weight is 524 g/mol. The third kappa shape index (κ3) is 6.56. The molecule has 0 aliphatic rings. The Hall–Kier alpha value is -2.01. The smallest absolute Gasteiger partial charge is 0.228 e. The second-order valence-corrected chi connectivity index (χ2v) is 11.7. The third-order valence-electron chi connectivity index (χ3n) is 5.63. The zero-order valence-electron chi connectivity index (χ0n) is 19.7. The number of thiazole rings is 1. The van der Waals surface area contributed by atoms with Crippen LogP contribution in [0.2, 0.25) is 0 Å². The second-order valence-electron chi connectivity index (χ2n) is 7.75. The summed E-state index contributed by atoms with van der Waals surface area (Å²) in [6, 6.07) is 10.8. The van der Waals surface area contributed by atoms with Crippen LogP contribution in [-0.4, -0.2) is 62.4 Å². The molecule has 0 aliphatic carbocycles. The van der Waals surface area contributed by atoms with E-state index < -0.39 is 15.7 Å². The molecule has 0 radical (unpaired) electrons. The van der Waals surface area contributed by atoms with Crippen molar-refractivity contribution in [2.75, 3.05) is 43.1 Å². The predicted molar refractivity (Wildman–Crippen MR) is 139 cm³/mol. The third-order valence-corrected chi connectivity index (χ3v) is 9.26. The van der Waals surface area contributed by atoms with Gasteiger partial charge in [0, 0.05) is 24.4 Å². The second kappa shape index (κ2) is 12.1. The summed E-state index contributed by atoms with van der Waals surface area (Å²) < 4.78 is 39.3. The highest BCUT2D eigenvalue weighted by atomic mass is 32.2. The molecule has 0 atom stereocenters. The van der Waals surface area contributed by atoms with E-state index in [0.29, 0.717) is 18.2 Å². The van der Waals surface area contributed by atoms with Crippen molar-refractivity contribution in [2.24, 2.45) is 0 Å². The van der Waals surface area contributed by atoms with Crippen LogP contribution in [0.5, 0.6) is 0 Å². The Morgan fingerprint density at radius 2 is 1.79 bits per heavy atom. The number of carbonyl (C=O) groups excluding carboxylic acids is 1. The lowest BCUT2D eigenvalue weighted by Crippen LogP contribution is -2.38. The van der Waals surface area contributed by atoms with Gasteiger partial charge < -0.3 is 4.90 Å². The van der Waals surface area contributed by atoms with Gasteiger partial charge in [0.25, 0.3) is 0 Å². The minimum absolute atomic E-state index is 0.0653. The number of halogens is 1. The van der Waals surface area contributed by atoms with Crippen LogP contribution >= 0.6 is 23.1 Å². The number of rotatable bonds is 12. The molecule has 10 heteroatoms. The molecular formula is C24H30FN3O3S3. The summed E-state index contributed by atoms with van der Waals surface area (Å²) in [6.07, 6.45) is 2.27. The van der Waals surface area contributed by atoms with Gasteiger partial charge >= 0.3 is 0 Å². The molecule has 0 saturated heterocycles. The van der Waals surface area contributed by atoms with Gasteiger partial charge in [0.2, 0.25) is 5.91 Å². The van der Waals surface area contributed by atoms with E-state index in [9.17, 15) is 17.6 Å². The Morgan fingerprint density at radius 3 is 2.44 bits per heavy atom. The van der Waals surface area contributed by atoms with Crippen LogP contribution in [0.25, 0.3) is 10.2 Å². The largest absolute Gasteiger partial charge is 0.302 e. The molecule has 1 amide bonds. The van der Waals surface area contributed by atoms with Crippen LogP contribution in [0.3, 0.4) is 0 Å². The normalized spacial score (nSPS) is 11.9. The van der Waals surface area contributed by atoms with Crippen LogP contribution < -0.4 is 4.90 Å². The van der Waals surface area contributed by atoms with Crippen LogP contribution in [0.1, 0.15) is 26.7 Å². The minimum atomic E-state index is -3.59. The molecule has 34 heavy (non-hydrogen) atoms. The Kier molecular flexibility index (Phi) is 9.47. The fourth-order valence-corrected chi connectivity index (χ4v) is 6.58. The van der Waals surface area contributed by atoms with Crippen molar-refractivity contribution in [3.8, 4) is 0 Å². The lowest BCUT2D eigenvalue weighted by atomic mass is 10.3. The Morgan fingerprint density at radius 1 is 1.09 bits per heavy atom. The van der Waals surface area contributed by atoms with Gasteiger partial charge in [-0.3, -0.25) is 9.69 Å². The van der Waals surface area contributed by atoms with E-state index in [4.69, 9.17) is 4.98 Å². The number of amides is 1. The van der Waals surface area contributed by atoms with Crippen molar-refractivity contribution in [1.82, 2.24) is 9.88 Å². The molecule has 0 aliphatic heterocycles. The van der Waals surface area contributed by atoms with Gasteiger partial charge in [0.05, 0.1) is 20.9 Å². The molecule has 184 valence electrons. The fourth-order valence-electron chi connectivity index (χ4n) is 3.61. The van der Waals surface area contributed by atoms with Crippen molar-refractivity contribution < 1.29 is 17.6 Å². The van der Waals surface area contributed by atoms with E-state index >= 15 is 0 Å². The monoisotopic (exact) mass is 523 g/mol. The lowest BCUT2D eigenvalue weighted by Gasteiger charge is -2.24. The summed E-state index contributed by atoms with van der Waals surface area (Å²) in [4.78, 5) is 23.1. The van der Waals surface area contributed by atoms with Crippen molar-refractivity contribution in [3.05, 3.63) is 48.3 Å². The summed E-state index contributed by atoms with van der Waals surface area (Å²) in [5.74, 6) is -0.810. The average Bonchev–Trinajstić information content (AvgIpc) is 3.26. The number of fused-ring (bicyclic) bond motifs is 1. The van der Waals surface area contributed by atoms with E-state index in [2.05, 4.69) is 18.7 Å².